The van der Waals surface area contributed by atoms with Crippen LogP contribution in [0, 0.1) is 0 Å². The molecule has 1 unspecified atom stereocenters. The summed E-state index contributed by atoms with van der Waals surface area (Å²) in [7, 11) is 0. The number of nitrogens with zero attached hydrogens (tertiary/aromatic N) is 1. The van der Waals surface area contributed by atoms with Crippen molar-refractivity contribution < 1.29 is 19.1 Å². The number of aliphatic imine (C=N–C) groups is 1. The number of hydrogen-bond donors (Lipinski definition) is 2. The van der Waals surface area contributed by atoms with Crippen molar-refractivity contribution in [1.82, 2.24) is 5.32 Å². The van der Waals surface area contributed by atoms with E-state index in [4.69, 9.17) is 9.47 Å². The highest BCUT2D eigenvalue weighted by Gasteiger charge is 2.16. The molecule has 3 rings (SSSR count). The van der Waals surface area contributed by atoms with E-state index < -0.39 is 0 Å². The Morgan fingerprint density at radius 2 is 1.86 bits per heavy atom. The molecule has 1 saturated heterocycles. The summed E-state index contributed by atoms with van der Waals surface area (Å²) in [6.45, 7) is 3.29. The summed E-state index contributed by atoms with van der Waals surface area (Å²) in [5.74, 6) is -0.297. The Kier molecular flexibility index (Phi) is 7.35. The smallest absolute Gasteiger partial charge is 0.338 e. The van der Waals surface area contributed by atoms with Gasteiger partial charge in [-0.05, 0) is 56.2 Å². The second-order valence-corrected chi connectivity index (χ2v) is 6.57. The topological polar surface area (TPSA) is 89.0 Å². The van der Waals surface area contributed by atoms with Crippen molar-refractivity contribution in [3.05, 3.63) is 65.7 Å². The zero-order valence-electron chi connectivity index (χ0n) is 16.4. The van der Waals surface area contributed by atoms with Crippen LogP contribution in [0.5, 0.6) is 0 Å². The van der Waals surface area contributed by atoms with Crippen LogP contribution in [0.4, 0.5) is 5.69 Å². The minimum Gasteiger partial charge on any atom is -0.462 e. The van der Waals surface area contributed by atoms with Crippen LogP contribution in [0.15, 0.2) is 59.6 Å². The van der Waals surface area contributed by atoms with Crippen LogP contribution in [0.1, 0.15) is 40.5 Å². The third-order valence-electron chi connectivity index (χ3n) is 4.40. The lowest BCUT2D eigenvalue weighted by Gasteiger charge is -2.13. The molecule has 0 aromatic heterocycles. The van der Waals surface area contributed by atoms with Gasteiger partial charge in [0.2, 0.25) is 5.96 Å². The molecule has 0 saturated carbocycles. The van der Waals surface area contributed by atoms with Crippen molar-refractivity contribution in [2.45, 2.75) is 25.9 Å². The first-order chi connectivity index (χ1) is 14.2. The van der Waals surface area contributed by atoms with Gasteiger partial charge in [-0.3, -0.25) is 10.1 Å². The number of ether oxygens (including phenoxy) is 2. The Hall–Kier alpha value is -3.19. The van der Waals surface area contributed by atoms with Gasteiger partial charge < -0.3 is 14.8 Å². The van der Waals surface area contributed by atoms with Gasteiger partial charge in [0.25, 0.3) is 5.91 Å². The minimum atomic E-state index is -0.372. The standard InChI is InChI=1S/C22H25N3O4/c1-2-28-21(27)17-10-12-18(13-11-17)24-22(23-15-19-9-6-14-29-19)25-20(26)16-7-4-3-5-8-16/h3-5,7-8,10-13,19H,2,6,9,14-15H2,1H3,(H2,23,24,25,26). The average Bonchev–Trinajstić information content (AvgIpc) is 3.27. The van der Waals surface area contributed by atoms with Crippen LogP contribution in [-0.4, -0.2) is 43.7 Å². The molecule has 0 bridgehead atoms. The fourth-order valence-corrected chi connectivity index (χ4v) is 2.90. The number of esters is 1. The fourth-order valence-electron chi connectivity index (χ4n) is 2.90. The first kappa shape index (κ1) is 20.5. The van der Waals surface area contributed by atoms with Gasteiger partial charge in [-0.1, -0.05) is 18.2 Å². The van der Waals surface area contributed by atoms with Gasteiger partial charge in [0.15, 0.2) is 0 Å². The number of rotatable bonds is 6. The molecule has 1 aliphatic rings. The molecule has 1 aliphatic heterocycles. The van der Waals surface area contributed by atoms with Crippen LogP contribution in [-0.2, 0) is 9.47 Å². The van der Waals surface area contributed by atoms with Gasteiger partial charge in [-0.25, -0.2) is 9.79 Å². The van der Waals surface area contributed by atoms with E-state index in [9.17, 15) is 9.59 Å². The second-order valence-electron chi connectivity index (χ2n) is 6.57. The number of nitrogens with one attached hydrogen (secondary N) is 2. The van der Waals surface area contributed by atoms with Crippen molar-refractivity contribution in [2.24, 2.45) is 4.99 Å². The van der Waals surface area contributed by atoms with Crippen molar-refractivity contribution in [3.63, 3.8) is 0 Å². The van der Waals surface area contributed by atoms with E-state index in [0.29, 0.717) is 35.9 Å². The van der Waals surface area contributed by atoms with Crippen molar-refractivity contribution in [1.29, 1.82) is 0 Å². The van der Waals surface area contributed by atoms with Crippen molar-refractivity contribution in [2.75, 3.05) is 25.1 Å². The fraction of sp³-hybridized carbons (Fsp3) is 0.318. The van der Waals surface area contributed by atoms with Gasteiger partial charge in [0, 0.05) is 17.9 Å². The molecule has 2 aromatic rings. The first-order valence-corrected chi connectivity index (χ1v) is 9.72. The summed E-state index contributed by atoms with van der Waals surface area (Å²) in [5, 5.41) is 5.93. The Bertz CT molecular complexity index is 844. The van der Waals surface area contributed by atoms with Crippen LogP contribution in [0.2, 0.25) is 0 Å². The second kappa shape index (κ2) is 10.4. The van der Waals surface area contributed by atoms with Crippen LogP contribution < -0.4 is 10.6 Å². The molecule has 0 aliphatic carbocycles. The van der Waals surface area contributed by atoms with E-state index in [0.717, 1.165) is 19.4 Å². The van der Waals surface area contributed by atoms with Crippen molar-refractivity contribution in [3.8, 4) is 0 Å². The summed E-state index contributed by atoms with van der Waals surface area (Å²) in [6.07, 6.45) is 2.04. The van der Waals surface area contributed by atoms with E-state index in [2.05, 4.69) is 15.6 Å². The first-order valence-electron chi connectivity index (χ1n) is 9.72. The number of anilines is 1. The molecule has 0 radical (unpaired) electrons. The third kappa shape index (κ3) is 6.15. The molecule has 1 amide bonds. The largest absolute Gasteiger partial charge is 0.462 e. The highest BCUT2D eigenvalue weighted by atomic mass is 16.5. The van der Waals surface area contributed by atoms with Gasteiger partial charge in [0.05, 0.1) is 24.8 Å². The number of carbonyl (C=O) groups excluding carboxylic acids is 2. The van der Waals surface area contributed by atoms with Crippen LogP contribution >= 0.6 is 0 Å². The molecule has 2 aromatic carbocycles. The maximum absolute atomic E-state index is 12.5. The molecule has 2 N–H and O–H groups in total. The van der Waals surface area contributed by atoms with E-state index in [1.54, 1.807) is 55.5 Å². The lowest BCUT2D eigenvalue weighted by molar-refractivity contribution is 0.0526. The Morgan fingerprint density at radius 1 is 1.10 bits per heavy atom. The molecule has 1 fully saturated rings. The number of benzene rings is 2. The zero-order chi connectivity index (χ0) is 20.5. The maximum atomic E-state index is 12.5. The Labute approximate surface area is 170 Å². The van der Waals surface area contributed by atoms with E-state index in [-0.39, 0.29) is 18.0 Å². The summed E-state index contributed by atoms with van der Waals surface area (Å²) in [4.78, 5) is 28.8. The monoisotopic (exact) mass is 395 g/mol. The highest BCUT2D eigenvalue weighted by Crippen LogP contribution is 2.13. The van der Waals surface area contributed by atoms with Gasteiger partial charge in [-0.2, -0.15) is 0 Å². The molecule has 29 heavy (non-hydrogen) atoms. The lowest BCUT2D eigenvalue weighted by atomic mass is 10.2. The number of hydrogen-bond acceptors (Lipinski definition) is 5. The molecule has 7 nitrogen and oxygen atoms in total. The van der Waals surface area contributed by atoms with Crippen LogP contribution in [0.3, 0.4) is 0 Å². The molecular weight excluding hydrogens is 370 g/mol. The summed E-state index contributed by atoms with van der Waals surface area (Å²) < 4.78 is 10.6. The minimum absolute atomic E-state index is 0.0617. The zero-order valence-corrected chi connectivity index (χ0v) is 16.4. The van der Waals surface area contributed by atoms with Crippen molar-refractivity contribution >= 4 is 23.5 Å². The summed E-state index contributed by atoms with van der Waals surface area (Å²) in [5.41, 5.74) is 1.69. The summed E-state index contributed by atoms with van der Waals surface area (Å²) >= 11 is 0. The Morgan fingerprint density at radius 3 is 2.52 bits per heavy atom. The number of carbonyl (C=O) groups is 2. The molecule has 1 atom stereocenters. The lowest BCUT2D eigenvalue weighted by Crippen LogP contribution is -2.36. The SMILES string of the molecule is CCOC(=O)c1ccc(NC(=NCC2CCCO2)NC(=O)c2ccccc2)cc1. The Balaban J connectivity index is 1.71. The van der Waals surface area contributed by atoms with Gasteiger partial charge in [-0.15, -0.1) is 0 Å². The quantitative estimate of drug-likeness (QED) is 0.445. The number of amides is 1. The average molecular weight is 395 g/mol. The summed E-state index contributed by atoms with van der Waals surface area (Å²) in [6, 6.07) is 15.7. The predicted molar refractivity (Wildman–Crippen MR) is 111 cm³/mol. The molecule has 0 spiro atoms. The normalized spacial score (nSPS) is 16.3. The van der Waals surface area contributed by atoms with Gasteiger partial charge in [0.1, 0.15) is 0 Å². The van der Waals surface area contributed by atoms with Gasteiger partial charge >= 0.3 is 5.97 Å². The molecule has 1 heterocycles. The highest BCUT2D eigenvalue weighted by molar-refractivity contribution is 6.10. The number of guanidine groups is 1. The van der Waals surface area contributed by atoms with E-state index >= 15 is 0 Å². The molecule has 7 heteroatoms. The van der Waals surface area contributed by atoms with E-state index in [1.807, 2.05) is 6.07 Å². The predicted octanol–water partition coefficient (Wildman–Crippen LogP) is 3.24. The molecular formula is C22H25N3O4. The third-order valence-corrected chi connectivity index (χ3v) is 4.40. The maximum Gasteiger partial charge on any atom is 0.338 e. The molecule has 152 valence electrons. The van der Waals surface area contributed by atoms with E-state index in [1.165, 1.54) is 0 Å². The van der Waals surface area contributed by atoms with Crippen LogP contribution in [0.25, 0.3) is 0 Å².